The largest absolute Gasteiger partial charge is 0.469 e. The predicted octanol–water partition coefficient (Wildman–Crippen LogP) is 4.00. The Morgan fingerprint density at radius 2 is 1.90 bits per heavy atom. The summed E-state index contributed by atoms with van der Waals surface area (Å²) in [6, 6.07) is 13.9. The van der Waals surface area contributed by atoms with E-state index in [2.05, 4.69) is 15.0 Å². The van der Waals surface area contributed by atoms with E-state index in [4.69, 9.17) is 30.6 Å². The van der Waals surface area contributed by atoms with E-state index in [-0.39, 0.29) is 30.1 Å². The van der Waals surface area contributed by atoms with Crippen molar-refractivity contribution in [3.63, 3.8) is 0 Å². The maximum atomic E-state index is 13.7. The van der Waals surface area contributed by atoms with Gasteiger partial charge in [-0.3, -0.25) is 14.6 Å². The first-order valence-electron chi connectivity index (χ1n) is 12.0. The van der Waals surface area contributed by atoms with Crippen molar-refractivity contribution in [2.45, 2.75) is 31.4 Å². The Morgan fingerprint density at radius 1 is 1.18 bits per heavy atom. The number of hydrogen-bond donors (Lipinski definition) is 4. The summed E-state index contributed by atoms with van der Waals surface area (Å²) in [6.07, 6.45) is -2.56. The third-order valence-electron chi connectivity index (χ3n) is 5.77. The molecule has 3 aromatic rings. The van der Waals surface area contributed by atoms with E-state index in [9.17, 15) is 23.7 Å². The molecule has 0 spiro atoms. The second-order valence-electron chi connectivity index (χ2n) is 8.71. The quantitative estimate of drug-likeness (QED) is 0.210. The number of ether oxygens (including phenoxy) is 1. The van der Waals surface area contributed by atoms with E-state index in [0.29, 0.717) is 11.3 Å². The lowest BCUT2D eigenvalue weighted by molar-refractivity contribution is -0.133. The number of benzene rings is 2. The number of carbonyl (C=O) groups excluding carboxylic acids is 2. The standard InChI is InChI=1S/C25H28ClFN3O9P/c1-30(23(32)11-10-17-8-5-9-20(27)24(17)26)18(12-19(31)15-38-40(34,35)36)14-37-25(33)28-22-13-21(39-29-22)16-6-3-2-4-7-16/h2-9,13,18-19,31H,10-12,14-15H2,1H3,(H,28,29,33)(H2,34,35,36)/t18-,19+/m0/s1. The minimum atomic E-state index is -4.84. The molecule has 2 amide bonds. The molecule has 12 nitrogen and oxygen atoms in total. The number of halogens is 2. The molecule has 0 unspecified atom stereocenters. The molecule has 40 heavy (non-hydrogen) atoms. The molecule has 15 heteroatoms. The molecule has 0 bridgehead atoms. The Morgan fingerprint density at radius 3 is 2.60 bits per heavy atom. The first-order valence-corrected chi connectivity index (χ1v) is 13.9. The molecule has 0 aliphatic carbocycles. The molecule has 0 fully saturated rings. The van der Waals surface area contributed by atoms with Crippen LogP contribution in [-0.4, -0.2) is 69.4 Å². The zero-order valence-electron chi connectivity index (χ0n) is 21.3. The number of phosphoric ester groups is 1. The summed E-state index contributed by atoms with van der Waals surface area (Å²) in [5.41, 5.74) is 1.16. The van der Waals surface area contributed by atoms with Crippen LogP contribution in [0, 0.1) is 5.82 Å². The van der Waals surface area contributed by atoms with Crippen LogP contribution in [-0.2, 0) is 25.0 Å². The monoisotopic (exact) mass is 599 g/mol. The number of aryl methyl sites for hydroxylation is 1. The lowest BCUT2D eigenvalue weighted by Crippen LogP contribution is -2.43. The van der Waals surface area contributed by atoms with Gasteiger partial charge in [-0.1, -0.05) is 59.2 Å². The molecular weight excluding hydrogens is 572 g/mol. The van der Waals surface area contributed by atoms with E-state index in [1.54, 1.807) is 18.2 Å². The summed E-state index contributed by atoms with van der Waals surface area (Å²) in [5, 5.41) is 16.3. The number of anilines is 1. The highest BCUT2D eigenvalue weighted by molar-refractivity contribution is 7.46. The Bertz CT molecular complexity index is 1340. The minimum Gasteiger partial charge on any atom is -0.447 e. The number of aliphatic hydroxyl groups excluding tert-OH is 1. The number of hydrogen-bond acceptors (Lipinski definition) is 8. The number of carbonyl (C=O) groups is 2. The smallest absolute Gasteiger partial charge is 0.447 e. The summed E-state index contributed by atoms with van der Waals surface area (Å²) in [7, 11) is -3.44. The molecular formula is C25H28ClFN3O9P. The summed E-state index contributed by atoms with van der Waals surface area (Å²) in [6.45, 7) is -1.12. The van der Waals surface area contributed by atoms with Gasteiger partial charge < -0.3 is 29.1 Å². The van der Waals surface area contributed by atoms with E-state index in [1.165, 1.54) is 30.1 Å². The van der Waals surface area contributed by atoms with Gasteiger partial charge in [-0.15, -0.1) is 0 Å². The Hall–Kier alpha value is -3.32. The van der Waals surface area contributed by atoms with Gasteiger partial charge in [0.25, 0.3) is 0 Å². The van der Waals surface area contributed by atoms with Crippen molar-refractivity contribution in [2.75, 3.05) is 25.6 Å². The SMILES string of the molecule is CN(C(=O)CCc1cccc(F)c1Cl)[C@H](COC(=O)Nc1cc(-c2ccccc2)on1)C[C@@H](O)COP(=O)(O)O. The molecule has 4 N–H and O–H groups in total. The van der Waals surface area contributed by atoms with E-state index >= 15 is 0 Å². The van der Waals surface area contributed by atoms with Gasteiger partial charge in [0.15, 0.2) is 11.6 Å². The average Bonchev–Trinajstić information content (AvgIpc) is 3.38. The predicted molar refractivity (Wildman–Crippen MR) is 142 cm³/mol. The van der Waals surface area contributed by atoms with Crippen LogP contribution in [0.3, 0.4) is 0 Å². The van der Waals surface area contributed by atoms with Crippen LogP contribution in [0.5, 0.6) is 0 Å². The summed E-state index contributed by atoms with van der Waals surface area (Å²) in [4.78, 5) is 44.3. The average molecular weight is 600 g/mol. The van der Waals surface area contributed by atoms with Gasteiger partial charge in [-0.05, 0) is 24.5 Å². The van der Waals surface area contributed by atoms with Gasteiger partial charge in [0, 0.05) is 25.1 Å². The number of nitrogens with one attached hydrogen (secondary N) is 1. The Kier molecular flexibility index (Phi) is 11.2. The van der Waals surface area contributed by atoms with Crippen LogP contribution in [0.1, 0.15) is 18.4 Å². The normalized spacial score (nSPS) is 12.9. The molecule has 3 rings (SSSR count). The van der Waals surface area contributed by atoms with E-state index in [1.807, 2.05) is 18.2 Å². The number of aromatic nitrogens is 1. The van der Waals surface area contributed by atoms with Crippen molar-refractivity contribution in [1.29, 1.82) is 0 Å². The van der Waals surface area contributed by atoms with Crippen LogP contribution >= 0.6 is 19.4 Å². The number of nitrogens with zero attached hydrogens (tertiary/aromatic N) is 2. The lowest BCUT2D eigenvalue weighted by Gasteiger charge is -2.29. The van der Waals surface area contributed by atoms with Crippen LogP contribution in [0.4, 0.5) is 15.0 Å². The van der Waals surface area contributed by atoms with Crippen molar-refractivity contribution in [2.24, 2.45) is 0 Å². The second kappa shape index (κ2) is 14.4. The number of rotatable bonds is 13. The molecule has 216 valence electrons. The highest BCUT2D eigenvalue weighted by Gasteiger charge is 2.27. The van der Waals surface area contributed by atoms with Gasteiger partial charge >= 0.3 is 13.9 Å². The minimum absolute atomic E-state index is 0.0758. The fourth-order valence-electron chi connectivity index (χ4n) is 3.65. The van der Waals surface area contributed by atoms with Crippen molar-refractivity contribution < 1.29 is 47.2 Å². The van der Waals surface area contributed by atoms with Crippen LogP contribution in [0.15, 0.2) is 59.1 Å². The zero-order valence-corrected chi connectivity index (χ0v) is 22.9. The molecule has 2 atom stereocenters. The summed E-state index contributed by atoms with van der Waals surface area (Å²) < 4.78 is 39.5. The maximum Gasteiger partial charge on any atom is 0.469 e. The highest BCUT2D eigenvalue weighted by atomic mass is 35.5. The number of likely N-dealkylation sites (N-methyl/N-ethyl adjacent to an activating group) is 1. The topological polar surface area (TPSA) is 172 Å². The third kappa shape index (κ3) is 9.70. The Balaban J connectivity index is 1.62. The first-order chi connectivity index (χ1) is 18.9. The van der Waals surface area contributed by atoms with Gasteiger partial charge in [0.05, 0.1) is 23.8 Å². The molecule has 0 aliphatic rings. The molecule has 0 radical (unpaired) electrons. The van der Waals surface area contributed by atoms with Gasteiger partial charge in [-0.25, -0.2) is 13.8 Å². The zero-order chi connectivity index (χ0) is 29.3. The maximum absolute atomic E-state index is 13.7. The fraction of sp³-hybridized carbons (Fsp3) is 0.320. The van der Waals surface area contributed by atoms with Crippen molar-refractivity contribution in [3.8, 4) is 11.3 Å². The van der Waals surface area contributed by atoms with Gasteiger partial charge in [0.2, 0.25) is 5.91 Å². The molecule has 1 aromatic heterocycles. The van der Waals surface area contributed by atoms with E-state index in [0.717, 1.165) is 5.56 Å². The van der Waals surface area contributed by atoms with Crippen molar-refractivity contribution in [3.05, 3.63) is 71.0 Å². The van der Waals surface area contributed by atoms with Crippen molar-refractivity contribution in [1.82, 2.24) is 10.1 Å². The highest BCUT2D eigenvalue weighted by Crippen LogP contribution is 2.36. The van der Waals surface area contributed by atoms with Crippen LogP contribution in [0.2, 0.25) is 5.02 Å². The molecule has 1 heterocycles. The lowest BCUT2D eigenvalue weighted by atomic mass is 10.1. The van der Waals surface area contributed by atoms with Gasteiger partial charge in [-0.2, -0.15) is 0 Å². The summed E-state index contributed by atoms with van der Waals surface area (Å²) in [5.74, 6) is -0.576. The molecule has 2 aromatic carbocycles. The first kappa shape index (κ1) is 31.2. The van der Waals surface area contributed by atoms with Crippen LogP contribution in [0.25, 0.3) is 11.3 Å². The fourth-order valence-corrected chi connectivity index (χ4v) is 4.24. The second-order valence-corrected chi connectivity index (χ2v) is 10.3. The number of aliphatic hydroxyl groups is 1. The van der Waals surface area contributed by atoms with Crippen molar-refractivity contribution >= 4 is 37.2 Å². The van der Waals surface area contributed by atoms with Crippen LogP contribution < -0.4 is 5.32 Å². The molecule has 0 aliphatic heterocycles. The number of phosphoric acid groups is 1. The third-order valence-corrected chi connectivity index (χ3v) is 6.67. The molecule has 0 saturated heterocycles. The Labute approximate surface area is 233 Å². The summed E-state index contributed by atoms with van der Waals surface area (Å²) >= 11 is 5.96. The molecule has 0 saturated carbocycles. The van der Waals surface area contributed by atoms with E-state index < -0.39 is 51.0 Å². The number of amides is 2. The van der Waals surface area contributed by atoms with Gasteiger partial charge in [0.1, 0.15) is 12.4 Å².